The Morgan fingerprint density at radius 2 is 1.96 bits per heavy atom. The zero-order valence-electron chi connectivity index (χ0n) is 16.0. The summed E-state index contributed by atoms with van der Waals surface area (Å²) in [6.07, 6.45) is 1.08. The van der Waals surface area contributed by atoms with Gasteiger partial charge in [-0.15, -0.1) is 24.0 Å². The van der Waals surface area contributed by atoms with Gasteiger partial charge in [-0.3, -0.25) is 4.90 Å². The highest BCUT2D eigenvalue weighted by Crippen LogP contribution is 2.19. The third-order valence-corrected chi connectivity index (χ3v) is 4.04. The van der Waals surface area contributed by atoms with Crippen LogP contribution in [0.25, 0.3) is 0 Å². The molecule has 0 aliphatic carbocycles. The molecule has 1 heterocycles. The first kappa shape index (κ1) is 23.0. The van der Waals surface area contributed by atoms with E-state index in [1.54, 1.807) is 0 Å². The smallest absolute Gasteiger partial charge is 0.191 e. The number of benzene rings is 1. The van der Waals surface area contributed by atoms with Crippen LogP contribution < -0.4 is 15.4 Å². The third-order valence-electron chi connectivity index (χ3n) is 4.04. The van der Waals surface area contributed by atoms with Crippen molar-refractivity contribution in [3.05, 3.63) is 29.8 Å². The number of hydrogen-bond acceptors (Lipinski definition) is 4. The minimum atomic E-state index is 0. The molecule has 7 heteroatoms. The summed E-state index contributed by atoms with van der Waals surface area (Å²) in [5.41, 5.74) is 1.11. The van der Waals surface area contributed by atoms with E-state index < -0.39 is 0 Å². The summed E-state index contributed by atoms with van der Waals surface area (Å²) in [4.78, 5) is 7.04. The van der Waals surface area contributed by atoms with Crippen LogP contribution >= 0.6 is 24.0 Å². The monoisotopic (exact) mass is 476 g/mol. The van der Waals surface area contributed by atoms with Crippen LogP contribution in [-0.4, -0.2) is 63.4 Å². The van der Waals surface area contributed by atoms with Gasteiger partial charge in [-0.2, -0.15) is 0 Å². The van der Waals surface area contributed by atoms with Gasteiger partial charge in [-0.25, -0.2) is 4.99 Å². The first-order chi connectivity index (χ1) is 12.3. The van der Waals surface area contributed by atoms with E-state index in [1.165, 1.54) is 0 Å². The Hall–Kier alpha value is -1.06. The fourth-order valence-electron chi connectivity index (χ4n) is 2.63. The SMILES string of the molecule is CCCNC(=NCc1ccccc1OCCN1CCOCC1)NCC.I. The molecule has 1 aromatic rings. The van der Waals surface area contributed by atoms with Gasteiger partial charge in [-0.1, -0.05) is 25.1 Å². The molecule has 0 atom stereocenters. The molecule has 1 aromatic carbocycles. The van der Waals surface area contributed by atoms with Crippen LogP contribution in [-0.2, 0) is 11.3 Å². The summed E-state index contributed by atoms with van der Waals surface area (Å²) < 4.78 is 11.4. The predicted octanol–water partition coefficient (Wildman–Crippen LogP) is 2.48. The number of morpholine rings is 1. The van der Waals surface area contributed by atoms with Crippen molar-refractivity contribution in [2.45, 2.75) is 26.8 Å². The molecule has 1 saturated heterocycles. The van der Waals surface area contributed by atoms with E-state index in [4.69, 9.17) is 9.47 Å². The van der Waals surface area contributed by atoms with Crippen LogP contribution in [0.4, 0.5) is 0 Å². The van der Waals surface area contributed by atoms with E-state index >= 15 is 0 Å². The van der Waals surface area contributed by atoms with Crippen molar-refractivity contribution >= 4 is 29.9 Å². The fourth-order valence-corrected chi connectivity index (χ4v) is 2.63. The van der Waals surface area contributed by atoms with Crippen LogP contribution in [0.3, 0.4) is 0 Å². The Labute approximate surface area is 174 Å². The van der Waals surface area contributed by atoms with Crippen molar-refractivity contribution in [3.63, 3.8) is 0 Å². The molecule has 26 heavy (non-hydrogen) atoms. The summed E-state index contributed by atoms with van der Waals surface area (Å²) in [6.45, 7) is 11.8. The Kier molecular flexibility index (Phi) is 12.4. The highest BCUT2D eigenvalue weighted by atomic mass is 127. The maximum Gasteiger partial charge on any atom is 0.191 e. The number of nitrogens with zero attached hydrogens (tertiary/aromatic N) is 2. The van der Waals surface area contributed by atoms with Crippen molar-refractivity contribution in [2.24, 2.45) is 4.99 Å². The van der Waals surface area contributed by atoms with Gasteiger partial charge in [0.2, 0.25) is 0 Å². The van der Waals surface area contributed by atoms with Crippen molar-refractivity contribution in [1.29, 1.82) is 0 Å². The topological polar surface area (TPSA) is 58.1 Å². The van der Waals surface area contributed by atoms with Gasteiger partial charge in [0.25, 0.3) is 0 Å². The lowest BCUT2D eigenvalue weighted by atomic mass is 10.2. The van der Waals surface area contributed by atoms with Crippen LogP contribution in [0, 0.1) is 0 Å². The molecule has 6 nitrogen and oxygen atoms in total. The number of aliphatic imine (C=N–C) groups is 1. The molecule has 1 aliphatic heterocycles. The molecule has 0 radical (unpaired) electrons. The molecule has 0 amide bonds. The van der Waals surface area contributed by atoms with Crippen LogP contribution in [0.1, 0.15) is 25.8 Å². The molecule has 2 rings (SSSR count). The number of nitrogens with one attached hydrogen (secondary N) is 2. The molecule has 1 fully saturated rings. The van der Waals surface area contributed by atoms with Crippen molar-refractivity contribution in [1.82, 2.24) is 15.5 Å². The molecule has 1 aliphatic rings. The zero-order valence-corrected chi connectivity index (χ0v) is 18.3. The number of guanidine groups is 1. The predicted molar refractivity (Wildman–Crippen MR) is 118 cm³/mol. The van der Waals surface area contributed by atoms with E-state index in [1.807, 2.05) is 18.2 Å². The standard InChI is InChI=1S/C19H32N4O2.HI/c1-3-9-21-19(20-4-2)22-16-17-7-5-6-8-18(17)25-15-12-23-10-13-24-14-11-23;/h5-8H,3-4,9-16H2,1-2H3,(H2,20,21,22);1H. The second kappa shape index (κ2) is 14.1. The molecule has 0 aromatic heterocycles. The van der Waals surface area contributed by atoms with Crippen molar-refractivity contribution < 1.29 is 9.47 Å². The molecule has 0 spiro atoms. The zero-order chi connectivity index (χ0) is 17.7. The average molecular weight is 476 g/mol. The Morgan fingerprint density at radius 1 is 1.19 bits per heavy atom. The van der Waals surface area contributed by atoms with Crippen LogP contribution in [0.15, 0.2) is 29.3 Å². The Balaban J connectivity index is 0.00000338. The average Bonchev–Trinajstić information content (AvgIpc) is 2.66. The molecule has 148 valence electrons. The summed E-state index contributed by atoms with van der Waals surface area (Å²) >= 11 is 0. The largest absolute Gasteiger partial charge is 0.492 e. The number of halogens is 1. The van der Waals surface area contributed by atoms with Gasteiger partial charge in [-0.05, 0) is 19.4 Å². The molecular formula is C19H33IN4O2. The number of rotatable bonds is 9. The molecule has 0 saturated carbocycles. The minimum Gasteiger partial charge on any atom is -0.492 e. The molecule has 2 N–H and O–H groups in total. The van der Waals surface area contributed by atoms with Crippen LogP contribution in [0.2, 0.25) is 0 Å². The maximum absolute atomic E-state index is 6.02. The first-order valence-corrected chi connectivity index (χ1v) is 9.36. The lowest BCUT2D eigenvalue weighted by Gasteiger charge is -2.26. The Bertz CT molecular complexity index is 522. The minimum absolute atomic E-state index is 0. The lowest BCUT2D eigenvalue weighted by molar-refractivity contribution is 0.0322. The number of para-hydroxylation sites is 1. The quantitative estimate of drug-likeness (QED) is 0.326. The lowest BCUT2D eigenvalue weighted by Crippen LogP contribution is -2.38. The van der Waals surface area contributed by atoms with Crippen molar-refractivity contribution in [2.75, 3.05) is 52.5 Å². The van der Waals surface area contributed by atoms with E-state index in [9.17, 15) is 0 Å². The molecular weight excluding hydrogens is 443 g/mol. The van der Waals surface area contributed by atoms with Gasteiger partial charge < -0.3 is 20.1 Å². The van der Waals surface area contributed by atoms with Gasteiger partial charge >= 0.3 is 0 Å². The summed E-state index contributed by atoms with van der Waals surface area (Å²) in [5, 5.41) is 6.60. The fraction of sp³-hybridized carbons (Fsp3) is 0.632. The van der Waals surface area contributed by atoms with E-state index in [2.05, 4.69) is 40.4 Å². The first-order valence-electron chi connectivity index (χ1n) is 9.36. The number of ether oxygens (including phenoxy) is 2. The normalized spacial score (nSPS) is 15.2. The maximum atomic E-state index is 6.02. The van der Waals surface area contributed by atoms with Gasteiger partial charge in [0.05, 0.1) is 19.8 Å². The number of hydrogen-bond donors (Lipinski definition) is 2. The highest BCUT2D eigenvalue weighted by Gasteiger charge is 2.10. The van der Waals surface area contributed by atoms with Gasteiger partial charge in [0.1, 0.15) is 12.4 Å². The van der Waals surface area contributed by atoms with Gasteiger partial charge in [0, 0.05) is 38.3 Å². The summed E-state index contributed by atoms with van der Waals surface area (Å²) in [7, 11) is 0. The highest BCUT2D eigenvalue weighted by molar-refractivity contribution is 14.0. The van der Waals surface area contributed by atoms with Gasteiger partial charge in [0.15, 0.2) is 5.96 Å². The van der Waals surface area contributed by atoms with E-state index in [0.29, 0.717) is 13.2 Å². The molecule has 0 unspecified atom stereocenters. The van der Waals surface area contributed by atoms with Crippen molar-refractivity contribution in [3.8, 4) is 5.75 Å². The third kappa shape index (κ3) is 8.55. The van der Waals surface area contributed by atoms with Crippen LogP contribution in [0.5, 0.6) is 5.75 Å². The molecule has 0 bridgehead atoms. The van der Waals surface area contributed by atoms with E-state index in [-0.39, 0.29) is 24.0 Å². The second-order valence-electron chi connectivity index (χ2n) is 6.03. The second-order valence-corrected chi connectivity index (χ2v) is 6.03. The Morgan fingerprint density at radius 3 is 2.69 bits per heavy atom. The van der Waals surface area contributed by atoms with E-state index in [0.717, 1.165) is 69.6 Å². The summed E-state index contributed by atoms with van der Waals surface area (Å²) in [6, 6.07) is 8.15. The summed E-state index contributed by atoms with van der Waals surface area (Å²) in [5.74, 6) is 1.78.